The Morgan fingerprint density at radius 2 is 1.98 bits per heavy atom. The molecule has 0 radical (unpaired) electrons. The number of aromatic nitrogens is 2. The van der Waals surface area contributed by atoms with Gasteiger partial charge in [0.15, 0.2) is 0 Å². The second-order valence-corrected chi connectivity index (χ2v) is 11.3. The van der Waals surface area contributed by atoms with Crippen molar-refractivity contribution in [3.05, 3.63) is 60.9 Å². The van der Waals surface area contributed by atoms with Crippen LogP contribution in [0.4, 0.5) is 8.78 Å². The highest BCUT2D eigenvalue weighted by atomic mass is 32.1. The zero-order chi connectivity index (χ0) is 29.2. The lowest BCUT2D eigenvalue weighted by atomic mass is 9.97. The molecular formula is C28H31F2N3O6S. The minimum atomic E-state index is -1.92. The predicted molar refractivity (Wildman–Crippen MR) is 145 cm³/mol. The average molecular weight is 576 g/mol. The van der Waals surface area contributed by atoms with Gasteiger partial charge in [-0.15, -0.1) is 11.3 Å². The minimum absolute atomic E-state index is 0.0556. The molecule has 3 aromatic rings. The highest BCUT2D eigenvalue weighted by Crippen LogP contribution is 2.35. The fourth-order valence-electron chi connectivity index (χ4n) is 5.07. The van der Waals surface area contributed by atoms with Crippen LogP contribution in [0.5, 0.6) is 5.75 Å². The standard InChI is InChI=1S/C28H31F2N3O6S/c1-16-22(14-31)40-25-23(16)24(34)33(28(2,3)26(35)36)27(37)32(25)15-21(39-18-7-5-4-6-8-18)19-13-17(30)9-10-20(19)38-12-11-29/h9-10,13,18,21H,4-8,11-12,15H2,1-3H3,(H,35,36). The lowest BCUT2D eigenvalue weighted by molar-refractivity contribution is -0.146. The van der Waals surface area contributed by atoms with E-state index < -0.39 is 41.4 Å². The third-order valence-corrected chi connectivity index (χ3v) is 8.53. The molecule has 2 heterocycles. The van der Waals surface area contributed by atoms with Crippen molar-refractivity contribution < 1.29 is 28.2 Å². The largest absolute Gasteiger partial charge is 0.490 e. The van der Waals surface area contributed by atoms with Gasteiger partial charge in [-0.25, -0.2) is 22.9 Å². The van der Waals surface area contributed by atoms with E-state index in [1.54, 1.807) is 6.92 Å². The molecule has 9 nitrogen and oxygen atoms in total. The fourth-order valence-corrected chi connectivity index (χ4v) is 6.17. The van der Waals surface area contributed by atoms with Gasteiger partial charge in [-0.05, 0) is 57.4 Å². The molecule has 1 N–H and O–H groups in total. The van der Waals surface area contributed by atoms with Gasteiger partial charge in [-0.3, -0.25) is 9.36 Å². The summed E-state index contributed by atoms with van der Waals surface area (Å²) in [7, 11) is 0. The van der Waals surface area contributed by atoms with Gasteiger partial charge in [0.1, 0.15) is 52.3 Å². The number of nitrogens with zero attached hydrogens (tertiary/aromatic N) is 3. The van der Waals surface area contributed by atoms with E-state index in [1.165, 1.54) is 36.6 Å². The van der Waals surface area contributed by atoms with E-state index >= 15 is 0 Å². The predicted octanol–water partition coefficient (Wildman–Crippen LogP) is 4.80. The van der Waals surface area contributed by atoms with E-state index in [0.29, 0.717) is 10.1 Å². The Morgan fingerprint density at radius 3 is 2.60 bits per heavy atom. The monoisotopic (exact) mass is 575 g/mol. The third kappa shape index (κ3) is 5.53. The summed E-state index contributed by atoms with van der Waals surface area (Å²) in [6.45, 7) is 2.77. The number of hydrogen-bond acceptors (Lipinski definition) is 7. The van der Waals surface area contributed by atoms with Crippen LogP contribution in [-0.2, 0) is 21.6 Å². The first-order chi connectivity index (χ1) is 19.0. The normalized spacial score (nSPS) is 15.2. The Kier molecular flexibility index (Phi) is 8.75. The Bertz CT molecular complexity index is 1580. The van der Waals surface area contributed by atoms with E-state index in [1.807, 2.05) is 6.07 Å². The van der Waals surface area contributed by atoms with Gasteiger partial charge in [0.25, 0.3) is 5.56 Å². The van der Waals surface area contributed by atoms with E-state index in [9.17, 15) is 33.5 Å². The molecule has 12 heteroatoms. The van der Waals surface area contributed by atoms with Crippen LogP contribution in [-0.4, -0.2) is 39.6 Å². The van der Waals surface area contributed by atoms with Crippen LogP contribution in [0.1, 0.15) is 68.1 Å². The molecule has 0 spiro atoms. The molecule has 2 aromatic heterocycles. The Labute approximate surface area is 233 Å². The maximum Gasteiger partial charge on any atom is 0.333 e. The maximum atomic E-state index is 14.5. The highest BCUT2D eigenvalue weighted by Gasteiger charge is 2.36. The number of carboxylic acids is 1. The summed E-state index contributed by atoms with van der Waals surface area (Å²) in [5.74, 6) is -1.80. The molecule has 0 saturated heterocycles. The third-order valence-electron chi connectivity index (χ3n) is 7.31. The first-order valence-electron chi connectivity index (χ1n) is 13.1. The summed E-state index contributed by atoms with van der Waals surface area (Å²) in [5, 5.41) is 19.6. The van der Waals surface area contributed by atoms with Crippen LogP contribution in [0.3, 0.4) is 0 Å². The molecule has 214 valence electrons. The number of thiophene rings is 1. The van der Waals surface area contributed by atoms with Crippen molar-refractivity contribution in [1.82, 2.24) is 9.13 Å². The fraction of sp³-hybridized carbons (Fsp3) is 0.500. The van der Waals surface area contributed by atoms with Crippen LogP contribution in [0.2, 0.25) is 0 Å². The molecule has 1 atom stereocenters. The summed E-state index contributed by atoms with van der Waals surface area (Å²) in [6, 6.07) is 5.79. The number of fused-ring (bicyclic) bond motifs is 1. The molecule has 4 rings (SSSR count). The van der Waals surface area contributed by atoms with E-state index in [-0.39, 0.29) is 45.7 Å². The highest BCUT2D eigenvalue weighted by molar-refractivity contribution is 7.19. The summed E-state index contributed by atoms with van der Waals surface area (Å²) in [6.07, 6.45) is 3.24. The summed E-state index contributed by atoms with van der Waals surface area (Å²) in [5.41, 5.74) is -3.06. The number of rotatable bonds is 10. The van der Waals surface area contributed by atoms with Crippen LogP contribution < -0.4 is 16.0 Å². The lowest BCUT2D eigenvalue weighted by Gasteiger charge is -2.30. The topological polar surface area (TPSA) is 124 Å². The number of carboxylic acid groups (broad SMARTS) is 1. The van der Waals surface area contributed by atoms with E-state index in [2.05, 4.69) is 0 Å². The average Bonchev–Trinajstić information content (AvgIpc) is 3.26. The minimum Gasteiger partial charge on any atom is -0.490 e. The molecule has 1 unspecified atom stereocenters. The van der Waals surface area contributed by atoms with Crippen LogP contribution in [0.15, 0.2) is 27.8 Å². The van der Waals surface area contributed by atoms with Gasteiger partial charge >= 0.3 is 11.7 Å². The van der Waals surface area contributed by atoms with Crippen LogP contribution in [0, 0.1) is 24.1 Å². The van der Waals surface area contributed by atoms with Crippen molar-refractivity contribution in [3.8, 4) is 11.8 Å². The molecule has 1 aromatic carbocycles. The summed E-state index contributed by atoms with van der Waals surface area (Å²) < 4.78 is 41.4. The molecule has 1 saturated carbocycles. The summed E-state index contributed by atoms with van der Waals surface area (Å²) in [4.78, 5) is 40.0. The van der Waals surface area contributed by atoms with Crippen molar-refractivity contribution in [1.29, 1.82) is 5.26 Å². The number of ether oxygens (including phenoxy) is 2. The zero-order valence-electron chi connectivity index (χ0n) is 22.5. The van der Waals surface area contributed by atoms with E-state index in [4.69, 9.17) is 9.47 Å². The van der Waals surface area contributed by atoms with Crippen LogP contribution >= 0.6 is 11.3 Å². The smallest absolute Gasteiger partial charge is 0.333 e. The van der Waals surface area contributed by atoms with Gasteiger partial charge in [0.2, 0.25) is 0 Å². The number of alkyl halides is 1. The Hall–Kier alpha value is -3.56. The molecule has 1 fully saturated rings. The Morgan fingerprint density at radius 1 is 1.27 bits per heavy atom. The van der Waals surface area contributed by atoms with Gasteiger partial charge in [0, 0.05) is 5.56 Å². The number of aliphatic carboxylic acids is 1. The van der Waals surface area contributed by atoms with Gasteiger partial charge in [-0.1, -0.05) is 19.3 Å². The molecule has 0 amide bonds. The lowest BCUT2D eigenvalue weighted by Crippen LogP contribution is -2.52. The first kappa shape index (κ1) is 29.4. The van der Waals surface area contributed by atoms with Crippen molar-refractivity contribution in [3.63, 3.8) is 0 Å². The number of halogens is 2. The number of hydrogen-bond donors (Lipinski definition) is 1. The molecule has 40 heavy (non-hydrogen) atoms. The van der Waals surface area contributed by atoms with Crippen molar-refractivity contribution in [2.24, 2.45) is 0 Å². The second-order valence-electron chi connectivity index (χ2n) is 10.4. The first-order valence-corrected chi connectivity index (χ1v) is 13.9. The number of carbonyl (C=O) groups is 1. The number of aryl methyl sites for hydroxylation is 1. The molecule has 0 bridgehead atoms. The molecular weight excluding hydrogens is 544 g/mol. The maximum absolute atomic E-state index is 14.5. The van der Waals surface area contributed by atoms with Crippen LogP contribution in [0.25, 0.3) is 10.2 Å². The van der Waals surface area contributed by atoms with Gasteiger partial charge < -0.3 is 14.6 Å². The van der Waals surface area contributed by atoms with Crippen molar-refractivity contribution >= 4 is 27.5 Å². The quantitative estimate of drug-likeness (QED) is 0.368. The molecule has 1 aliphatic rings. The van der Waals surface area contributed by atoms with Gasteiger partial charge in [0.05, 0.1) is 18.0 Å². The zero-order valence-corrected chi connectivity index (χ0v) is 23.4. The second kappa shape index (κ2) is 11.9. The number of nitriles is 1. The summed E-state index contributed by atoms with van der Waals surface area (Å²) >= 11 is 0.942. The van der Waals surface area contributed by atoms with Crippen molar-refractivity contribution in [2.75, 3.05) is 13.3 Å². The SMILES string of the molecule is Cc1c(C#N)sc2c1c(=O)n(C(C)(C)C(=O)O)c(=O)n2CC(OC1CCCCC1)c1cc(F)ccc1OCCF. The van der Waals surface area contributed by atoms with Crippen molar-refractivity contribution in [2.45, 2.75) is 77.2 Å². The number of benzene rings is 1. The Balaban J connectivity index is 1.97. The van der Waals surface area contributed by atoms with Gasteiger partial charge in [-0.2, -0.15) is 5.26 Å². The molecule has 1 aliphatic carbocycles. The molecule has 0 aliphatic heterocycles. The van der Waals surface area contributed by atoms with E-state index in [0.717, 1.165) is 43.4 Å².